The number of aryl methyl sites for hydroxylation is 1. The van der Waals surface area contributed by atoms with E-state index in [9.17, 15) is 0 Å². The molecule has 0 heterocycles. The van der Waals surface area contributed by atoms with E-state index in [2.05, 4.69) is 37.3 Å². The van der Waals surface area contributed by atoms with Gasteiger partial charge in [0.2, 0.25) is 0 Å². The average molecular weight is 386 g/mol. The molecule has 0 unspecified atom stereocenters. The zero-order valence-corrected chi connectivity index (χ0v) is 17.1. The maximum absolute atomic E-state index is 15.3. The number of nitrogens with zero attached hydrogens (tertiary/aromatic N) is 1. The molecule has 0 N–H and O–H groups in total. The van der Waals surface area contributed by atoms with Gasteiger partial charge in [-0.25, -0.2) is 4.39 Å². The fourth-order valence-corrected chi connectivity index (χ4v) is 4.72. The normalized spacial score (nSPS) is 18.4. The van der Waals surface area contributed by atoms with Crippen LogP contribution in [0.2, 0.25) is 0 Å². The monoisotopic (exact) mass is 385 g/mol. The Hall–Kier alpha value is -2.66. The zero-order valence-electron chi connectivity index (χ0n) is 17.1. The van der Waals surface area contributed by atoms with Gasteiger partial charge in [0.1, 0.15) is 6.17 Å². The summed E-state index contributed by atoms with van der Waals surface area (Å²) in [5, 5.41) is 11.3. The van der Waals surface area contributed by atoms with Crippen LogP contribution in [0.3, 0.4) is 0 Å². The summed E-state index contributed by atoms with van der Waals surface area (Å²) in [5.41, 5.74) is 5.01. The van der Waals surface area contributed by atoms with Gasteiger partial charge in [-0.1, -0.05) is 69.0 Å². The molecule has 0 spiro atoms. The van der Waals surface area contributed by atoms with E-state index < -0.39 is 6.17 Å². The van der Waals surface area contributed by atoms with E-state index in [1.807, 2.05) is 30.3 Å². The smallest absolute Gasteiger partial charge is 0.128 e. The van der Waals surface area contributed by atoms with Gasteiger partial charge in [0.05, 0.1) is 11.6 Å². The van der Waals surface area contributed by atoms with Crippen molar-refractivity contribution in [1.29, 1.82) is 5.26 Å². The Balaban J connectivity index is 1.59. The van der Waals surface area contributed by atoms with Crippen LogP contribution in [0.1, 0.15) is 68.3 Å². The number of fused-ring (bicyclic) bond motifs is 3. The second kappa shape index (κ2) is 8.78. The van der Waals surface area contributed by atoms with Crippen molar-refractivity contribution in [3.8, 4) is 17.2 Å². The van der Waals surface area contributed by atoms with Crippen molar-refractivity contribution in [2.24, 2.45) is 5.92 Å². The Kier molecular flexibility index (Phi) is 5.95. The van der Waals surface area contributed by atoms with Crippen LogP contribution in [0.15, 0.2) is 54.6 Å². The summed E-state index contributed by atoms with van der Waals surface area (Å²) in [6.45, 7) is 2.21. The molecule has 0 amide bonds. The van der Waals surface area contributed by atoms with Crippen molar-refractivity contribution < 1.29 is 4.39 Å². The van der Waals surface area contributed by atoms with Crippen LogP contribution in [0.4, 0.5) is 4.39 Å². The minimum atomic E-state index is -0.831. The largest absolute Gasteiger partial charge is 0.242 e. The number of hydrogen-bond acceptors (Lipinski definition) is 1. The first kappa shape index (κ1) is 19.6. The van der Waals surface area contributed by atoms with Gasteiger partial charge in [0.25, 0.3) is 0 Å². The van der Waals surface area contributed by atoms with Crippen molar-refractivity contribution in [2.75, 3.05) is 0 Å². The van der Waals surface area contributed by atoms with Crippen LogP contribution in [0, 0.1) is 17.2 Å². The molecule has 1 aliphatic carbocycles. The molecule has 1 aliphatic rings. The highest BCUT2D eigenvalue weighted by Gasteiger charge is 2.30. The van der Waals surface area contributed by atoms with Crippen LogP contribution in [-0.4, -0.2) is 0 Å². The van der Waals surface area contributed by atoms with E-state index in [0.29, 0.717) is 5.56 Å². The van der Waals surface area contributed by atoms with Gasteiger partial charge in [0, 0.05) is 0 Å². The molecule has 3 aromatic carbocycles. The Labute approximate surface area is 173 Å². The molecular weight excluding hydrogens is 357 g/mol. The third kappa shape index (κ3) is 4.06. The summed E-state index contributed by atoms with van der Waals surface area (Å²) < 4.78 is 15.3. The lowest BCUT2D eigenvalue weighted by atomic mass is 9.78. The van der Waals surface area contributed by atoms with Gasteiger partial charge in [-0.3, -0.25) is 0 Å². The van der Waals surface area contributed by atoms with Crippen molar-refractivity contribution in [3.63, 3.8) is 0 Å². The first-order valence-electron chi connectivity index (χ1n) is 10.9. The Bertz CT molecular complexity index is 1030. The van der Waals surface area contributed by atoms with E-state index in [-0.39, 0.29) is 5.92 Å². The summed E-state index contributed by atoms with van der Waals surface area (Å²) >= 11 is 0. The molecule has 4 rings (SSSR count). The summed E-state index contributed by atoms with van der Waals surface area (Å²) in [7, 11) is 0. The van der Waals surface area contributed by atoms with Crippen LogP contribution in [0.25, 0.3) is 21.9 Å². The van der Waals surface area contributed by atoms with E-state index in [1.165, 1.54) is 35.6 Å². The van der Waals surface area contributed by atoms with Gasteiger partial charge in [-0.2, -0.15) is 5.26 Å². The number of halogens is 1. The van der Waals surface area contributed by atoms with Crippen LogP contribution < -0.4 is 0 Å². The molecule has 0 saturated carbocycles. The first-order valence-corrected chi connectivity index (χ1v) is 10.9. The lowest BCUT2D eigenvalue weighted by Crippen LogP contribution is -2.18. The predicted octanol–water partition coefficient (Wildman–Crippen LogP) is 7.92. The highest BCUT2D eigenvalue weighted by atomic mass is 19.1. The Morgan fingerprint density at radius 1 is 0.966 bits per heavy atom. The van der Waals surface area contributed by atoms with Gasteiger partial charge in [-0.15, -0.1) is 0 Å². The topological polar surface area (TPSA) is 23.8 Å². The van der Waals surface area contributed by atoms with Gasteiger partial charge < -0.3 is 0 Å². The van der Waals surface area contributed by atoms with Crippen LogP contribution in [-0.2, 0) is 6.42 Å². The van der Waals surface area contributed by atoms with Crippen molar-refractivity contribution in [1.82, 2.24) is 0 Å². The number of unbranched alkanes of at least 4 members (excludes halogenated alkanes) is 3. The predicted molar refractivity (Wildman–Crippen MR) is 119 cm³/mol. The third-order valence-corrected chi connectivity index (χ3v) is 6.42. The molecule has 3 aromatic rings. The summed E-state index contributed by atoms with van der Waals surface area (Å²) in [4.78, 5) is 0. The number of nitriles is 1. The zero-order chi connectivity index (χ0) is 20.2. The number of hydrogen-bond donors (Lipinski definition) is 0. The van der Waals surface area contributed by atoms with Crippen molar-refractivity contribution in [2.45, 2.75) is 58.0 Å². The fourth-order valence-electron chi connectivity index (χ4n) is 4.72. The molecule has 0 bridgehead atoms. The summed E-state index contributed by atoms with van der Waals surface area (Å²) in [6, 6.07) is 20.4. The second-order valence-corrected chi connectivity index (χ2v) is 8.31. The minimum Gasteiger partial charge on any atom is -0.242 e. The van der Waals surface area contributed by atoms with Crippen molar-refractivity contribution in [3.05, 3.63) is 71.3 Å². The Morgan fingerprint density at radius 2 is 1.76 bits per heavy atom. The summed E-state index contributed by atoms with van der Waals surface area (Å²) in [5.74, 6) is 0.176. The van der Waals surface area contributed by atoms with Gasteiger partial charge in [0.15, 0.2) is 0 Å². The van der Waals surface area contributed by atoms with E-state index in [1.54, 1.807) is 0 Å². The molecule has 0 radical (unpaired) electrons. The number of benzene rings is 3. The highest BCUT2D eigenvalue weighted by molar-refractivity contribution is 5.91. The number of alkyl halides is 1. The maximum atomic E-state index is 15.3. The molecule has 2 heteroatoms. The van der Waals surface area contributed by atoms with Gasteiger partial charge in [-0.05, 0) is 76.4 Å². The van der Waals surface area contributed by atoms with E-state index >= 15 is 4.39 Å². The SMILES string of the molecule is CCCCCC[C@H]1CCc2c(ccc3cc(-c4ccc(C#N)cc4)ccc23)[C@@H]1F. The fraction of sp³-hybridized carbons (Fsp3) is 0.370. The van der Waals surface area contributed by atoms with Crippen LogP contribution >= 0.6 is 0 Å². The summed E-state index contributed by atoms with van der Waals surface area (Å²) in [6.07, 6.45) is 6.96. The standard InChI is InChI=1S/C27H28FN/c1-2-3-4-5-6-21-11-15-25-24-14-12-22(20-9-7-19(18-29)8-10-20)17-23(24)13-16-26(25)27(21)28/h7-10,12-14,16-17,21,27H,2-6,11,15H2,1H3/t21-,27+/m0/s1. The molecule has 29 heavy (non-hydrogen) atoms. The van der Waals surface area contributed by atoms with Gasteiger partial charge >= 0.3 is 0 Å². The molecular formula is C27H28FN. The molecule has 1 nitrogen and oxygen atoms in total. The lowest BCUT2D eigenvalue weighted by molar-refractivity contribution is 0.192. The minimum absolute atomic E-state index is 0.176. The first-order chi connectivity index (χ1) is 14.2. The third-order valence-electron chi connectivity index (χ3n) is 6.42. The Morgan fingerprint density at radius 3 is 2.52 bits per heavy atom. The second-order valence-electron chi connectivity index (χ2n) is 8.31. The molecule has 0 aliphatic heterocycles. The van der Waals surface area contributed by atoms with Crippen LogP contribution in [0.5, 0.6) is 0 Å². The molecule has 148 valence electrons. The molecule has 0 saturated heterocycles. The average Bonchev–Trinajstić information content (AvgIpc) is 2.77. The maximum Gasteiger partial charge on any atom is 0.128 e. The number of rotatable bonds is 6. The molecule has 2 atom stereocenters. The highest BCUT2D eigenvalue weighted by Crippen LogP contribution is 2.43. The van der Waals surface area contributed by atoms with Crippen molar-refractivity contribution >= 4 is 10.8 Å². The van der Waals surface area contributed by atoms with E-state index in [0.717, 1.165) is 42.4 Å². The molecule has 0 aromatic heterocycles. The lowest BCUT2D eigenvalue weighted by Gasteiger charge is -2.29. The molecule has 0 fully saturated rings. The van der Waals surface area contributed by atoms with E-state index in [4.69, 9.17) is 5.26 Å². The quantitative estimate of drug-likeness (QED) is 0.395.